The van der Waals surface area contributed by atoms with E-state index in [4.69, 9.17) is 0 Å². The maximum Gasteiger partial charge on any atom is 0.333 e. The molecule has 0 atom stereocenters. The molecule has 40 heavy (non-hydrogen) atoms. The molecule has 0 saturated heterocycles. The number of carbonyl (C=O) groups excluding carboxylic acids is 1. The number of aromatic nitrogens is 4. The van der Waals surface area contributed by atoms with Crippen LogP contribution in [0.1, 0.15) is 103 Å². The highest BCUT2D eigenvalue weighted by atomic mass is 16.2. The number of urea groups is 1. The zero-order valence-electron chi connectivity index (χ0n) is 25.4. The second-order valence-corrected chi connectivity index (χ2v) is 11.1. The number of hydrogen-bond acceptors (Lipinski definition) is 5. The summed E-state index contributed by atoms with van der Waals surface area (Å²) in [6.45, 7) is 17.2. The number of carbonyl (C=O) groups is 1. The molecular weight excluding hydrogens is 498 g/mol. The van der Waals surface area contributed by atoms with Gasteiger partial charge in [-0.15, -0.1) is 5.10 Å². The molecule has 0 aliphatic rings. The Morgan fingerprint density at radius 2 is 1.43 bits per heavy atom. The van der Waals surface area contributed by atoms with Gasteiger partial charge in [0.15, 0.2) is 0 Å². The number of hydrogen-bond donors (Lipinski definition) is 1. The lowest BCUT2D eigenvalue weighted by Crippen LogP contribution is -2.32. The van der Waals surface area contributed by atoms with E-state index in [1.807, 2.05) is 30.3 Å². The van der Waals surface area contributed by atoms with Crippen molar-refractivity contribution in [2.24, 2.45) is 0 Å². The van der Waals surface area contributed by atoms with Gasteiger partial charge in [-0.25, -0.2) is 9.69 Å². The molecule has 1 heterocycles. The molecule has 218 valence electrons. The lowest BCUT2D eigenvalue weighted by atomic mass is 9.93. The van der Waals surface area contributed by atoms with E-state index in [1.165, 1.54) is 37.1 Å². The number of benzene rings is 2. The summed E-state index contributed by atoms with van der Waals surface area (Å²) in [5.74, 6) is 0.800. The minimum Gasteiger partial charge on any atom is -0.307 e. The van der Waals surface area contributed by atoms with Gasteiger partial charge in [0, 0.05) is 5.69 Å². The minimum absolute atomic E-state index is 0.264. The molecule has 2 amide bonds. The topological polar surface area (TPSA) is 79.2 Å². The smallest absolute Gasteiger partial charge is 0.307 e. The van der Waals surface area contributed by atoms with Crippen molar-refractivity contribution in [3.8, 4) is 0 Å². The normalized spacial score (nSPS) is 11.5. The number of anilines is 3. The average Bonchev–Trinajstić information content (AvgIpc) is 3.41. The maximum atomic E-state index is 13.8. The summed E-state index contributed by atoms with van der Waals surface area (Å²) in [4.78, 5) is 19.4. The van der Waals surface area contributed by atoms with E-state index in [0.29, 0.717) is 12.2 Å². The molecule has 0 aliphatic heterocycles. The van der Waals surface area contributed by atoms with Crippen molar-refractivity contribution < 1.29 is 4.79 Å². The van der Waals surface area contributed by atoms with Gasteiger partial charge in [0.05, 0.1) is 12.2 Å². The molecule has 2 aromatic carbocycles. The number of nitrogens with zero attached hydrogens (tertiary/aromatic N) is 6. The van der Waals surface area contributed by atoms with Crippen molar-refractivity contribution in [3.05, 3.63) is 59.7 Å². The SMILES string of the molecule is CCN(CC)CCCCCCCCn1nnc(N(C(=O)Nc2c(C(C)C)cccc2C(C)C)c2ccccc2)n1. The Balaban J connectivity index is 1.65. The van der Waals surface area contributed by atoms with Crippen LogP contribution in [0, 0.1) is 0 Å². The fourth-order valence-electron chi connectivity index (χ4n) is 5.01. The number of amides is 2. The van der Waals surface area contributed by atoms with Crippen LogP contribution in [0.25, 0.3) is 0 Å². The lowest BCUT2D eigenvalue weighted by Gasteiger charge is -2.24. The van der Waals surface area contributed by atoms with Crippen LogP contribution < -0.4 is 10.2 Å². The third kappa shape index (κ3) is 8.88. The predicted octanol–water partition coefficient (Wildman–Crippen LogP) is 7.97. The van der Waals surface area contributed by atoms with Crippen molar-refractivity contribution in [1.29, 1.82) is 0 Å². The van der Waals surface area contributed by atoms with Gasteiger partial charge in [-0.2, -0.15) is 4.80 Å². The molecule has 3 aromatic rings. The molecule has 8 nitrogen and oxygen atoms in total. The van der Waals surface area contributed by atoms with Gasteiger partial charge in [0.2, 0.25) is 0 Å². The van der Waals surface area contributed by atoms with E-state index in [9.17, 15) is 4.79 Å². The zero-order valence-corrected chi connectivity index (χ0v) is 25.4. The number of unbranched alkanes of at least 4 members (excludes halogenated alkanes) is 5. The van der Waals surface area contributed by atoms with Crippen LogP contribution >= 0.6 is 0 Å². The molecule has 0 spiro atoms. The average molecular weight is 548 g/mol. The van der Waals surface area contributed by atoms with Gasteiger partial charge in [-0.05, 0) is 72.8 Å². The predicted molar refractivity (Wildman–Crippen MR) is 166 cm³/mol. The van der Waals surface area contributed by atoms with Gasteiger partial charge < -0.3 is 10.2 Å². The van der Waals surface area contributed by atoms with Crippen molar-refractivity contribution in [2.75, 3.05) is 29.9 Å². The van der Waals surface area contributed by atoms with Crippen LogP contribution in [-0.2, 0) is 6.54 Å². The number of para-hydroxylation sites is 2. The van der Waals surface area contributed by atoms with Crippen LogP contribution in [0.4, 0.5) is 22.1 Å². The quantitative estimate of drug-likeness (QED) is 0.184. The number of tetrazole rings is 1. The first-order chi connectivity index (χ1) is 19.3. The Labute approximate surface area is 241 Å². The van der Waals surface area contributed by atoms with E-state index in [0.717, 1.165) is 42.7 Å². The third-order valence-corrected chi connectivity index (χ3v) is 7.44. The van der Waals surface area contributed by atoms with E-state index in [2.05, 4.69) is 85.4 Å². The van der Waals surface area contributed by atoms with Crippen molar-refractivity contribution in [2.45, 2.75) is 98.4 Å². The molecule has 3 rings (SSSR count). The Hall–Kier alpha value is -3.26. The Morgan fingerprint density at radius 3 is 2.02 bits per heavy atom. The lowest BCUT2D eigenvalue weighted by molar-refractivity contribution is 0.258. The van der Waals surface area contributed by atoms with Gasteiger partial charge in [0.1, 0.15) is 0 Å². The fraction of sp³-hybridized carbons (Fsp3) is 0.562. The molecule has 0 aliphatic carbocycles. The first-order valence-corrected chi connectivity index (χ1v) is 15.1. The maximum absolute atomic E-state index is 13.8. The molecule has 0 unspecified atom stereocenters. The second kappa shape index (κ2) is 16.1. The molecule has 1 aromatic heterocycles. The molecule has 1 N–H and O–H groups in total. The summed E-state index contributed by atoms with van der Waals surface area (Å²) in [6, 6.07) is 15.4. The standard InChI is InChI=1S/C32H49N7O/c1-7-37(8-2)23-16-11-9-10-12-17-24-38-35-31(34-36-38)39(27-19-14-13-15-20-27)32(40)33-30-28(25(3)4)21-18-22-29(30)26(5)6/h13-15,18-22,25-26H,7-12,16-17,23-24H2,1-6H3,(H,33,40). The first kappa shape index (κ1) is 31.3. The fourth-order valence-corrected chi connectivity index (χ4v) is 5.01. The Bertz CT molecular complexity index is 1130. The highest BCUT2D eigenvalue weighted by Gasteiger charge is 2.25. The van der Waals surface area contributed by atoms with Crippen LogP contribution in [0.15, 0.2) is 48.5 Å². The zero-order chi connectivity index (χ0) is 28.9. The van der Waals surface area contributed by atoms with E-state index < -0.39 is 0 Å². The minimum atomic E-state index is -0.300. The highest BCUT2D eigenvalue weighted by Crippen LogP contribution is 2.33. The number of rotatable bonds is 16. The highest BCUT2D eigenvalue weighted by molar-refractivity contribution is 6.06. The van der Waals surface area contributed by atoms with E-state index >= 15 is 0 Å². The van der Waals surface area contributed by atoms with Gasteiger partial charge >= 0.3 is 6.03 Å². The van der Waals surface area contributed by atoms with Crippen LogP contribution in [0.2, 0.25) is 0 Å². The summed E-state index contributed by atoms with van der Waals surface area (Å²) in [5, 5.41) is 16.4. The van der Waals surface area contributed by atoms with Crippen molar-refractivity contribution in [1.82, 2.24) is 25.1 Å². The first-order valence-electron chi connectivity index (χ1n) is 15.1. The molecule has 0 bridgehead atoms. The van der Waals surface area contributed by atoms with E-state index in [1.54, 1.807) is 4.80 Å². The van der Waals surface area contributed by atoms with Crippen LogP contribution in [0.3, 0.4) is 0 Å². The second-order valence-electron chi connectivity index (χ2n) is 11.1. The molecule has 0 radical (unpaired) electrons. The van der Waals surface area contributed by atoms with Gasteiger partial charge in [-0.3, -0.25) is 0 Å². The molecular formula is C32H49N7O. The van der Waals surface area contributed by atoms with E-state index in [-0.39, 0.29) is 23.8 Å². The summed E-state index contributed by atoms with van der Waals surface area (Å²) in [7, 11) is 0. The molecule has 0 saturated carbocycles. The molecule has 8 heteroatoms. The summed E-state index contributed by atoms with van der Waals surface area (Å²) in [5.41, 5.74) is 3.77. The summed E-state index contributed by atoms with van der Waals surface area (Å²) >= 11 is 0. The number of aryl methyl sites for hydroxylation is 1. The van der Waals surface area contributed by atoms with Crippen molar-refractivity contribution >= 4 is 23.4 Å². The molecule has 0 fully saturated rings. The largest absolute Gasteiger partial charge is 0.333 e. The summed E-state index contributed by atoms with van der Waals surface area (Å²) in [6.07, 6.45) is 7.15. The Morgan fingerprint density at radius 1 is 0.825 bits per heavy atom. The van der Waals surface area contributed by atoms with Crippen LogP contribution in [0.5, 0.6) is 0 Å². The van der Waals surface area contributed by atoms with Crippen molar-refractivity contribution in [3.63, 3.8) is 0 Å². The third-order valence-electron chi connectivity index (χ3n) is 7.44. The monoisotopic (exact) mass is 547 g/mol. The summed E-state index contributed by atoms with van der Waals surface area (Å²) < 4.78 is 0. The Kier molecular flexibility index (Phi) is 12.6. The van der Waals surface area contributed by atoms with Crippen LogP contribution in [-0.4, -0.2) is 50.8 Å². The van der Waals surface area contributed by atoms with Gasteiger partial charge in [-0.1, -0.05) is 109 Å². The van der Waals surface area contributed by atoms with Gasteiger partial charge in [0.25, 0.3) is 5.95 Å². The number of nitrogens with one attached hydrogen (secondary N) is 1.